The molecule has 0 aliphatic carbocycles. The fraction of sp³-hybridized carbons (Fsp3) is 0.0714. The van der Waals surface area contributed by atoms with Crippen LogP contribution in [-0.2, 0) is 6.18 Å². The molecule has 10 heteroatoms. The van der Waals surface area contributed by atoms with Crippen LogP contribution in [0.5, 0.6) is 0 Å². The van der Waals surface area contributed by atoms with Crippen LogP contribution in [0.1, 0.15) is 5.56 Å². The molecule has 2 N–H and O–H groups in total. The molecule has 124 valence electrons. The van der Waals surface area contributed by atoms with Gasteiger partial charge in [0.2, 0.25) is 0 Å². The molecular formula is C14H9F3N4O2S. The smallest absolute Gasteiger partial charge is 0.403 e. The Morgan fingerprint density at radius 2 is 1.92 bits per heavy atom. The van der Waals surface area contributed by atoms with Gasteiger partial charge in [-0.2, -0.15) is 24.5 Å². The lowest BCUT2D eigenvalue weighted by Crippen LogP contribution is -2.22. The van der Waals surface area contributed by atoms with Gasteiger partial charge in [-0.1, -0.05) is 17.2 Å². The Hall–Kier alpha value is -2.88. The first-order chi connectivity index (χ1) is 11.4. The molecule has 0 bridgehead atoms. The van der Waals surface area contributed by atoms with Gasteiger partial charge >= 0.3 is 18.2 Å². The van der Waals surface area contributed by atoms with E-state index in [1.54, 1.807) is 11.4 Å². The lowest BCUT2D eigenvalue weighted by Gasteiger charge is -2.13. The molecule has 1 aromatic carbocycles. The molecule has 0 aliphatic rings. The third-order valence-electron chi connectivity index (χ3n) is 2.89. The highest BCUT2D eigenvalue weighted by Gasteiger charge is 2.33. The molecule has 3 aromatic rings. The van der Waals surface area contributed by atoms with Gasteiger partial charge in [0.05, 0.1) is 11.3 Å². The predicted octanol–water partition coefficient (Wildman–Crippen LogP) is 4.46. The van der Waals surface area contributed by atoms with E-state index in [2.05, 4.69) is 20.8 Å². The highest BCUT2D eigenvalue weighted by molar-refractivity contribution is 7.08. The zero-order chi connectivity index (χ0) is 17.2. The second kappa shape index (κ2) is 6.32. The molecule has 2 aromatic heterocycles. The third kappa shape index (κ3) is 3.54. The van der Waals surface area contributed by atoms with E-state index in [-0.39, 0.29) is 17.6 Å². The van der Waals surface area contributed by atoms with Gasteiger partial charge in [-0.05, 0) is 23.6 Å². The molecule has 0 spiro atoms. The Labute approximate surface area is 137 Å². The molecule has 24 heavy (non-hydrogen) atoms. The fourth-order valence-electron chi connectivity index (χ4n) is 1.87. The van der Waals surface area contributed by atoms with Crippen LogP contribution in [0.3, 0.4) is 0 Å². The van der Waals surface area contributed by atoms with E-state index < -0.39 is 17.8 Å². The van der Waals surface area contributed by atoms with Crippen molar-refractivity contribution in [2.75, 3.05) is 10.6 Å². The molecule has 3 rings (SSSR count). The van der Waals surface area contributed by atoms with Crippen LogP contribution in [0.25, 0.3) is 11.5 Å². The number of para-hydroxylation sites is 1. The highest BCUT2D eigenvalue weighted by atomic mass is 32.1. The maximum absolute atomic E-state index is 12.9. The second-order valence-corrected chi connectivity index (χ2v) is 5.33. The summed E-state index contributed by atoms with van der Waals surface area (Å²) in [5.41, 5.74) is -0.645. The minimum Gasteiger partial charge on any atom is -0.403 e. The Bertz CT molecular complexity index is 846. The minimum absolute atomic E-state index is 0.197. The summed E-state index contributed by atoms with van der Waals surface area (Å²) < 4.78 is 43.8. The van der Waals surface area contributed by atoms with Crippen molar-refractivity contribution in [2.24, 2.45) is 0 Å². The highest BCUT2D eigenvalue weighted by Crippen LogP contribution is 2.34. The third-order valence-corrected chi connectivity index (χ3v) is 3.58. The average Bonchev–Trinajstić information content (AvgIpc) is 3.17. The van der Waals surface area contributed by atoms with E-state index in [1.807, 2.05) is 5.38 Å². The number of benzene rings is 1. The van der Waals surface area contributed by atoms with Gasteiger partial charge < -0.3 is 9.73 Å². The number of hydrogen-bond donors (Lipinski definition) is 2. The number of aromatic nitrogens is 2. The average molecular weight is 354 g/mol. The van der Waals surface area contributed by atoms with Crippen molar-refractivity contribution < 1.29 is 22.4 Å². The van der Waals surface area contributed by atoms with Crippen molar-refractivity contribution in [3.8, 4) is 11.5 Å². The lowest BCUT2D eigenvalue weighted by atomic mass is 10.1. The van der Waals surface area contributed by atoms with Crippen molar-refractivity contribution >= 4 is 29.1 Å². The van der Waals surface area contributed by atoms with Crippen molar-refractivity contribution in [2.45, 2.75) is 6.18 Å². The van der Waals surface area contributed by atoms with E-state index in [0.29, 0.717) is 5.56 Å². The molecule has 0 fully saturated rings. The largest absolute Gasteiger partial charge is 0.418 e. The maximum Gasteiger partial charge on any atom is 0.418 e. The molecule has 0 radical (unpaired) electrons. The topological polar surface area (TPSA) is 80.1 Å². The number of carbonyl (C=O) groups is 1. The quantitative estimate of drug-likeness (QED) is 0.728. The summed E-state index contributed by atoms with van der Waals surface area (Å²) in [4.78, 5) is 11.8. The van der Waals surface area contributed by atoms with E-state index in [9.17, 15) is 18.0 Å². The number of anilines is 2. The minimum atomic E-state index is -4.58. The Balaban J connectivity index is 1.71. The number of urea groups is 1. The van der Waals surface area contributed by atoms with Gasteiger partial charge in [-0.15, -0.1) is 5.10 Å². The number of hydrogen-bond acceptors (Lipinski definition) is 5. The van der Waals surface area contributed by atoms with Crippen LogP contribution in [0.15, 0.2) is 45.5 Å². The molecule has 0 atom stereocenters. The van der Waals surface area contributed by atoms with Crippen LogP contribution < -0.4 is 10.6 Å². The van der Waals surface area contributed by atoms with Crippen molar-refractivity contribution in [3.63, 3.8) is 0 Å². The molecule has 0 saturated heterocycles. The normalized spacial score (nSPS) is 11.3. The van der Waals surface area contributed by atoms with Gasteiger partial charge in [0, 0.05) is 10.9 Å². The summed E-state index contributed by atoms with van der Waals surface area (Å²) >= 11 is 1.43. The summed E-state index contributed by atoms with van der Waals surface area (Å²) in [6, 6.07) is 5.24. The molecule has 2 heterocycles. The molecule has 0 unspecified atom stereocenters. The van der Waals surface area contributed by atoms with Crippen LogP contribution >= 0.6 is 11.3 Å². The van der Waals surface area contributed by atoms with Gasteiger partial charge in [-0.3, -0.25) is 5.32 Å². The number of halogens is 3. The number of amides is 2. The van der Waals surface area contributed by atoms with Gasteiger partial charge in [-0.25, -0.2) is 4.79 Å². The van der Waals surface area contributed by atoms with Gasteiger partial charge in [0.1, 0.15) is 0 Å². The van der Waals surface area contributed by atoms with E-state index in [1.165, 1.54) is 23.5 Å². The van der Waals surface area contributed by atoms with Crippen LogP contribution in [-0.4, -0.2) is 16.2 Å². The molecule has 2 amide bonds. The second-order valence-electron chi connectivity index (χ2n) is 4.55. The van der Waals surface area contributed by atoms with E-state index >= 15 is 0 Å². The van der Waals surface area contributed by atoms with Crippen molar-refractivity contribution in [3.05, 3.63) is 46.7 Å². The zero-order valence-corrected chi connectivity index (χ0v) is 12.6. The lowest BCUT2D eigenvalue weighted by molar-refractivity contribution is -0.136. The van der Waals surface area contributed by atoms with Crippen LogP contribution in [0, 0.1) is 0 Å². The first-order valence-corrected chi connectivity index (χ1v) is 7.48. The number of carbonyl (C=O) groups excluding carboxylic acids is 1. The van der Waals surface area contributed by atoms with Gasteiger partial charge in [0.25, 0.3) is 5.89 Å². The SMILES string of the molecule is O=C(Nc1nnc(-c2ccsc2)o1)Nc1ccccc1C(F)(F)F. The fourth-order valence-corrected chi connectivity index (χ4v) is 2.50. The van der Waals surface area contributed by atoms with E-state index in [4.69, 9.17) is 4.42 Å². The summed E-state index contributed by atoms with van der Waals surface area (Å²) in [7, 11) is 0. The number of alkyl halides is 3. The van der Waals surface area contributed by atoms with Crippen molar-refractivity contribution in [1.82, 2.24) is 10.2 Å². The van der Waals surface area contributed by atoms with Crippen LogP contribution in [0.4, 0.5) is 29.7 Å². The predicted molar refractivity (Wildman–Crippen MR) is 81.7 cm³/mol. The van der Waals surface area contributed by atoms with E-state index in [0.717, 1.165) is 12.1 Å². The van der Waals surface area contributed by atoms with Gasteiger partial charge in [0.15, 0.2) is 0 Å². The Kier molecular flexibility index (Phi) is 4.21. The summed E-state index contributed by atoms with van der Waals surface area (Å²) in [6.07, 6.45) is -4.58. The first kappa shape index (κ1) is 16.0. The molecule has 6 nitrogen and oxygen atoms in total. The standard InChI is InChI=1S/C14H9F3N4O2S/c15-14(16,17)9-3-1-2-4-10(9)18-12(22)19-13-21-20-11(23-13)8-5-6-24-7-8/h1-7H,(H2,18,19,21,22). The van der Waals surface area contributed by atoms with Crippen LogP contribution in [0.2, 0.25) is 0 Å². The monoisotopic (exact) mass is 354 g/mol. The molecule has 0 aliphatic heterocycles. The summed E-state index contributed by atoms with van der Waals surface area (Å²) in [5, 5.41) is 15.3. The summed E-state index contributed by atoms with van der Waals surface area (Å²) in [5.74, 6) is 0.197. The number of nitrogens with one attached hydrogen (secondary N) is 2. The molecule has 0 saturated carbocycles. The first-order valence-electron chi connectivity index (χ1n) is 6.54. The molecular weight excluding hydrogens is 345 g/mol. The zero-order valence-electron chi connectivity index (χ0n) is 11.8. The Morgan fingerprint density at radius 3 is 2.62 bits per heavy atom. The Morgan fingerprint density at radius 1 is 1.12 bits per heavy atom. The number of thiophene rings is 1. The maximum atomic E-state index is 12.9. The van der Waals surface area contributed by atoms with Crippen molar-refractivity contribution in [1.29, 1.82) is 0 Å². The summed E-state index contributed by atoms with van der Waals surface area (Å²) in [6.45, 7) is 0. The number of nitrogens with zero attached hydrogens (tertiary/aromatic N) is 2. The number of rotatable bonds is 3.